The lowest BCUT2D eigenvalue weighted by Crippen LogP contribution is -2.57. The molecule has 0 bridgehead atoms. The highest BCUT2D eigenvalue weighted by molar-refractivity contribution is 5.98. The number of nitrogens with one attached hydrogen (secondary N) is 1. The number of rotatable bonds is 4. The molecule has 2 aliphatic carbocycles. The van der Waals surface area contributed by atoms with Gasteiger partial charge in [-0.05, 0) is 43.1 Å². The summed E-state index contributed by atoms with van der Waals surface area (Å²) in [4.78, 5) is 30.7. The second-order valence-corrected chi connectivity index (χ2v) is 11.0. The van der Waals surface area contributed by atoms with Crippen LogP contribution in [0.5, 0.6) is 0 Å². The first-order valence-electron chi connectivity index (χ1n) is 12.5. The number of ether oxygens (including phenoxy) is 1. The van der Waals surface area contributed by atoms with Gasteiger partial charge in [-0.15, -0.1) is 0 Å². The third kappa shape index (κ3) is 3.95. The molecule has 2 aromatic heterocycles. The van der Waals surface area contributed by atoms with Gasteiger partial charge in [0.15, 0.2) is 5.65 Å². The van der Waals surface area contributed by atoms with Crippen molar-refractivity contribution in [2.45, 2.75) is 45.6 Å². The number of anilines is 1. The van der Waals surface area contributed by atoms with Gasteiger partial charge in [0.05, 0.1) is 23.7 Å². The van der Waals surface area contributed by atoms with Gasteiger partial charge in [-0.25, -0.2) is 14.3 Å². The number of nitrogens with zero attached hydrogens (tertiary/aromatic N) is 3. The van der Waals surface area contributed by atoms with Crippen LogP contribution in [0.3, 0.4) is 0 Å². The first kappa shape index (κ1) is 25.2. The Bertz CT molecular complexity index is 1450. The fraction of sp³-hybridized carbons (Fsp3) is 0.481. The number of hydrogen-bond donors (Lipinski definition) is 4. The van der Waals surface area contributed by atoms with Crippen LogP contribution >= 0.6 is 0 Å². The highest BCUT2D eigenvalue weighted by atomic mass is 16.5. The molecule has 5 rings (SSSR count). The monoisotopic (exact) mass is 507 g/mol. The summed E-state index contributed by atoms with van der Waals surface area (Å²) < 4.78 is 6.92. The van der Waals surface area contributed by atoms with Crippen molar-refractivity contribution < 1.29 is 19.7 Å². The molecule has 0 aromatic carbocycles. The van der Waals surface area contributed by atoms with Crippen molar-refractivity contribution in [2.75, 3.05) is 12.3 Å². The zero-order valence-electron chi connectivity index (χ0n) is 21.3. The molecule has 0 spiro atoms. The first-order valence-corrected chi connectivity index (χ1v) is 12.5. The SMILES string of the molecule is C=C1CCC2[C@](C)(CC[C@H](O)[C@@]2(C)CO)C1/C=C/C1=CC(=C\c2nn(C)c3nc(=O)[nH]c(N)c23)/OC1=O. The van der Waals surface area contributed by atoms with E-state index in [4.69, 9.17) is 10.5 Å². The van der Waals surface area contributed by atoms with Crippen LogP contribution in [-0.2, 0) is 16.6 Å². The highest BCUT2D eigenvalue weighted by Gasteiger charge is 2.57. The van der Waals surface area contributed by atoms with Crippen LogP contribution in [0.15, 0.2) is 46.5 Å². The number of nitrogens with two attached hydrogens (primary N) is 1. The normalized spacial score (nSPS) is 33.3. The molecule has 3 aliphatic rings. The molecule has 2 aromatic rings. The summed E-state index contributed by atoms with van der Waals surface area (Å²) in [5.41, 5.74) is 6.88. The summed E-state index contributed by atoms with van der Waals surface area (Å²) in [7, 11) is 1.65. The Kier molecular flexibility index (Phi) is 5.99. The second-order valence-electron chi connectivity index (χ2n) is 11.0. The molecule has 2 unspecified atom stereocenters. The molecule has 0 amide bonds. The van der Waals surface area contributed by atoms with E-state index in [0.717, 1.165) is 24.8 Å². The molecule has 2 saturated carbocycles. The summed E-state index contributed by atoms with van der Waals surface area (Å²) in [6, 6.07) is 0. The van der Waals surface area contributed by atoms with Gasteiger partial charge >= 0.3 is 11.7 Å². The van der Waals surface area contributed by atoms with Crippen LogP contribution in [0.4, 0.5) is 5.82 Å². The Morgan fingerprint density at radius 3 is 2.84 bits per heavy atom. The zero-order valence-corrected chi connectivity index (χ0v) is 21.3. The van der Waals surface area contributed by atoms with E-state index in [0.29, 0.717) is 34.5 Å². The number of aromatic nitrogens is 4. The lowest BCUT2D eigenvalue weighted by Gasteiger charge is -2.59. The Hall–Kier alpha value is -3.50. The second kappa shape index (κ2) is 8.81. The number of allylic oxidation sites excluding steroid dienone is 3. The minimum atomic E-state index is -0.576. The van der Waals surface area contributed by atoms with Crippen LogP contribution in [0, 0.1) is 22.7 Å². The zero-order chi connectivity index (χ0) is 26.7. The molecule has 2 fully saturated rings. The van der Waals surface area contributed by atoms with Crippen molar-refractivity contribution in [1.82, 2.24) is 19.7 Å². The Labute approximate surface area is 214 Å². The van der Waals surface area contributed by atoms with Crippen LogP contribution in [0.2, 0.25) is 0 Å². The predicted octanol–water partition coefficient (Wildman–Crippen LogP) is 2.36. The van der Waals surface area contributed by atoms with E-state index in [1.165, 1.54) is 4.68 Å². The highest BCUT2D eigenvalue weighted by Crippen LogP contribution is 2.61. The fourth-order valence-electron chi connectivity index (χ4n) is 6.75. The number of aliphatic hydroxyl groups is 2. The Balaban J connectivity index is 1.46. The number of aliphatic hydroxyl groups excluding tert-OH is 2. The molecule has 5 atom stereocenters. The van der Waals surface area contributed by atoms with Gasteiger partial charge in [-0.3, -0.25) is 4.98 Å². The van der Waals surface area contributed by atoms with Crippen LogP contribution in [-0.4, -0.2) is 48.6 Å². The van der Waals surface area contributed by atoms with Crippen molar-refractivity contribution in [1.29, 1.82) is 0 Å². The molecule has 196 valence electrons. The Morgan fingerprint density at radius 2 is 2.11 bits per heavy atom. The number of nitrogen functional groups attached to an aromatic ring is 1. The number of esters is 1. The van der Waals surface area contributed by atoms with E-state index in [1.807, 2.05) is 13.0 Å². The average Bonchev–Trinajstić information content (AvgIpc) is 3.34. The molecule has 10 nitrogen and oxygen atoms in total. The maximum absolute atomic E-state index is 12.7. The van der Waals surface area contributed by atoms with E-state index in [9.17, 15) is 19.8 Å². The smallest absolute Gasteiger partial charge is 0.348 e. The molecule has 10 heteroatoms. The summed E-state index contributed by atoms with van der Waals surface area (Å²) in [5.74, 6) is 0.0696. The molecule has 37 heavy (non-hydrogen) atoms. The number of hydrogen-bond acceptors (Lipinski definition) is 8. The first-order chi connectivity index (χ1) is 17.5. The number of aryl methyl sites for hydroxylation is 1. The minimum absolute atomic E-state index is 0.00575. The molecule has 3 heterocycles. The quantitative estimate of drug-likeness (QED) is 0.363. The van der Waals surface area contributed by atoms with E-state index in [2.05, 4.69) is 28.6 Å². The standard InChI is InChI=1S/C27H33N5O5/c1-14-5-8-19-26(2,10-9-20(34)27(19,3)13-33)17(14)7-6-15-11-16(37-24(15)35)12-18-21-22(28)29-25(36)30-23(21)32(4)31-18/h6-7,11-12,17,19-20,33-34H,1,5,8-10,13H2,2-4H3,(H3,28,29,30,36)/b7-6+,16-12+/t17?,19?,20-,26+,27-/m0/s1. The van der Waals surface area contributed by atoms with Gasteiger partial charge in [0.2, 0.25) is 0 Å². The van der Waals surface area contributed by atoms with Crippen molar-refractivity contribution in [2.24, 2.45) is 29.7 Å². The molecule has 0 saturated heterocycles. The summed E-state index contributed by atoms with van der Waals surface area (Å²) >= 11 is 0. The molecule has 1 aliphatic heterocycles. The van der Waals surface area contributed by atoms with Gasteiger partial charge < -0.3 is 20.7 Å². The number of aromatic amines is 1. The van der Waals surface area contributed by atoms with E-state index >= 15 is 0 Å². The molecular weight excluding hydrogens is 474 g/mol. The average molecular weight is 508 g/mol. The lowest BCUT2D eigenvalue weighted by atomic mass is 9.46. The van der Waals surface area contributed by atoms with Crippen LogP contribution in [0.1, 0.15) is 45.2 Å². The maximum Gasteiger partial charge on any atom is 0.348 e. The van der Waals surface area contributed by atoms with Gasteiger partial charge in [0, 0.05) is 24.5 Å². The summed E-state index contributed by atoms with van der Waals surface area (Å²) in [6.45, 7) is 8.44. The molecule has 0 radical (unpaired) electrons. The number of cyclic esters (lactones) is 1. The summed E-state index contributed by atoms with van der Waals surface area (Å²) in [6.07, 6.45) is 9.56. The van der Waals surface area contributed by atoms with Crippen LogP contribution in [0.25, 0.3) is 17.1 Å². The van der Waals surface area contributed by atoms with Gasteiger partial charge in [0.1, 0.15) is 17.3 Å². The number of carbonyl (C=O) groups excluding carboxylic acids is 1. The van der Waals surface area contributed by atoms with E-state index in [-0.39, 0.29) is 29.7 Å². The van der Waals surface area contributed by atoms with Gasteiger partial charge in [-0.2, -0.15) is 10.1 Å². The van der Waals surface area contributed by atoms with Crippen molar-refractivity contribution in [3.63, 3.8) is 0 Å². The fourth-order valence-corrected chi connectivity index (χ4v) is 6.75. The van der Waals surface area contributed by atoms with Gasteiger partial charge in [0.25, 0.3) is 0 Å². The minimum Gasteiger partial charge on any atom is -0.423 e. The summed E-state index contributed by atoms with van der Waals surface area (Å²) in [5, 5.41) is 25.7. The number of H-pyrrole nitrogens is 1. The van der Waals surface area contributed by atoms with Crippen LogP contribution < -0.4 is 11.4 Å². The van der Waals surface area contributed by atoms with Crippen molar-refractivity contribution >= 4 is 28.9 Å². The van der Waals surface area contributed by atoms with E-state index < -0.39 is 23.2 Å². The maximum atomic E-state index is 12.7. The van der Waals surface area contributed by atoms with Crippen molar-refractivity contribution in [3.05, 3.63) is 57.9 Å². The largest absolute Gasteiger partial charge is 0.423 e. The number of carbonyl (C=O) groups is 1. The number of fused-ring (bicyclic) bond motifs is 2. The third-order valence-electron chi connectivity index (χ3n) is 8.81. The lowest BCUT2D eigenvalue weighted by molar-refractivity contribution is -0.145. The third-order valence-corrected chi connectivity index (χ3v) is 8.81. The molecule has 5 N–H and O–H groups in total. The predicted molar refractivity (Wildman–Crippen MR) is 139 cm³/mol. The van der Waals surface area contributed by atoms with Crippen molar-refractivity contribution in [3.8, 4) is 0 Å². The van der Waals surface area contributed by atoms with E-state index in [1.54, 1.807) is 25.3 Å². The van der Waals surface area contributed by atoms with Gasteiger partial charge in [-0.1, -0.05) is 38.2 Å². The Morgan fingerprint density at radius 1 is 1.35 bits per heavy atom. The molecular formula is C27H33N5O5. The topological polar surface area (TPSA) is 156 Å².